The van der Waals surface area contributed by atoms with Gasteiger partial charge in [0.15, 0.2) is 0 Å². The predicted molar refractivity (Wildman–Crippen MR) is 113 cm³/mol. The van der Waals surface area contributed by atoms with Gasteiger partial charge in [-0.2, -0.15) is 0 Å². The number of halogens is 1. The Hall–Kier alpha value is -2.71. The van der Waals surface area contributed by atoms with E-state index in [2.05, 4.69) is 20.9 Å². The maximum absolute atomic E-state index is 13.0. The van der Waals surface area contributed by atoms with Gasteiger partial charge in [0, 0.05) is 24.9 Å². The van der Waals surface area contributed by atoms with Gasteiger partial charge in [0.25, 0.3) is 11.7 Å². The number of aromatic nitrogens is 1. The van der Waals surface area contributed by atoms with Crippen molar-refractivity contribution in [1.82, 2.24) is 9.88 Å². The fourth-order valence-corrected chi connectivity index (χ4v) is 4.43. The average molecular weight is 473 g/mol. The molecule has 1 amide bonds. The van der Waals surface area contributed by atoms with Gasteiger partial charge in [0.2, 0.25) is 0 Å². The lowest BCUT2D eigenvalue weighted by Crippen LogP contribution is -2.36. The van der Waals surface area contributed by atoms with Gasteiger partial charge in [0.1, 0.15) is 17.6 Å². The molecule has 0 aliphatic carbocycles. The fraction of sp³-hybridized carbons (Fsp3) is 0.318. The number of ketones is 1. The van der Waals surface area contributed by atoms with Crippen LogP contribution in [0.2, 0.25) is 0 Å². The van der Waals surface area contributed by atoms with Gasteiger partial charge in [-0.3, -0.25) is 14.6 Å². The van der Waals surface area contributed by atoms with Crippen LogP contribution in [-0.2, 0) is 14.3 Å². The van der Waals surface area contributed by atoms with Gasteiger partial charge in [-0.15, -0.1) is 0 Å². The molecule has 1 aromatic heterocycles. The van der Waals surface area contributed by atoms with E-state index >= 15 is 0 Å². The highest BCUT2D eigenvalue weighted by molar-refractivity contribution is 9.10. The molecule has 1 aromatic carbocycles. The Morgan fingerprint density at radius 3 is 2.80 bits per heavy atom. The number of aliphatic hydroxyl groups excluding tert-OH is 1. The minimum absolute atomic E-state index is 0.0220. The summed E-state index contributed by atoms with van der Waals surface area (Å²) in [7, 11) is 1.54. The zero-order chi connectivity index (χ0) is 21.3. The molecule has 2 aliphatic heterocycles. The number of rotatable bonds is 5. The topological polar surface area (TPSA) is 89.0 Å². The molecule has 2 atom stereocenters. The molecule has 2 aliphatic rings. The van der Waals surface area contributed by atoms with Crippen LogP contribution in [0, 0.1) is 0 Å². The molecule has 2 aromatic rings. The number of benzene rings is 1. The molecule has 4 rings (SSSR count). The van der Waals surface area contributed by atoms with Crippen molar-refractivity contribution in [3.63, 3.8) is 0 Å². The SMILES string of the molecule is COc1ccc(/C(O)=C2/C(=O)C(=O)N(CC3CCCO3)C2c2ccccn2)cc1Br. The van der Waals surface area contributed by atoms with Crippen molar-refractivity contribution in [2.24, 2.45) is 0 Å². The van der Waals surface area contributed by atoms with Crippen molar-refractivity contribution in [3.8, 4) is 5.75 Å². The van der Waals surface area contributed by atoms with Crippen molar-refractivity contribution >= 4 is 33.4 Å². The standard InChI is InChI=1S/C22H21BrN2O5/c1-29-17-8-7-13(11-15(17)23)20(26)18-19(16-6-2-3-9-24-16)25(22(28)21(18)27)12-14-5-4-10-30-14/h2-3,6-9,11,14,19,26H,4-5,10,12H2,1H3/b20-18-. The van der Waals surface area contributed by atoms with Gasteiger partial charge >= 0.3 is 0 Å². The molecule has 1 N–H and O–H groups in total. The minimum Gasteiger partial charge on any atom is -0.507 e. The first-order chi connectivity index (χ1) is 14.5. The molecule has 0 spiro atoms. The van der Waals surface area contributed by atoms with E-state index in [0.29, 0.717) is 28.1 Å². The number of aliphatic hydroxyl groups is 1. The van der Waals surface area contributed by atoms with E-state index in [9.17, 15) is 14.7 Å². The Bertz CT molecular complexity index is 1000. The average Bonchev–Trinajstić information content (AvgIpc) is 3.36. The number of carbonyl (C=O) groups is 2. The van der Waals surface area contributed by atoms with E-state index in [1.807, 2.05) is 0 Å². The quantitative estimate of drug-likeness (QED) is 0.407. The lowest BCUT2D eigenvalue weighted by Gasteiger charge is -2.26. The number of nitrogens with zero attached hydrogens (tertiary/aromatic N) is 2. The van der Waals surface area contributed by atoms with Crippen molar-refractivity contribution in [1.29, 1.82) is 0 Å². The third-order valence-electron chi connectivity index (χ3n) is 5.36. The predicted octanol–water partition coefficient (Wildman–Crippen LogP) is 3.45. The Balaban J connectivity index is 1.81. The molecular formula is C22H21BrN2O5. The maximum atomic E-state index is 13.0. The van der Waals surface area contributed by atoms with Crippen LogP contribution in [0.1, 0.15) is 30.1 Å². The number of ether oxygens (including phenoxy) is 2. The Morgan fingerprint density at radius 1 is 1.33 bits per heavy atom. The molecule has 0 saturated carbocycles. The highest BCUT2D eigenvalue weighted by Crippen LogP contribution is 2.40. The molecule has 8 heteroatoms. The summed E-state index contributed by atoms with van der Waals surface area (Å²) in [6.07, 6.45) is 3.21. The van der Waals surface area contributed by atoms with Crippen molar-refractivity contribution in [3.05, 3.63) is 63.9 Å². The van der Waals surface area contributed by atoms with Crippen LogP contribution >= 0.6 is 15.9 Å². The van der Waals surface area contributed by atoms with Crippen LogP contribution in [0.25, 0.3) is 5.76 Å². The number of likely N-dealkylation sites (tertiary alicyclic amines) is 1. The zero-order valence-corrected chi connectivity index (χ0v) is 18.0. The summed E-state index contributed by atoms with van der Waals surface area (Å²) in [5, 5.41) is 11.1. The van der Waals surface area contributed by atoms with E-state index in [1.54, 1.807) is 42.6 Å². The second-order valence-corrected chi connectivity index (χ2v) is 8.04. The number of hydrogen-bond donors (Lipinski definition) is 1. The number of pyridine rings is 1. The first kappa shape index (κ1) is 20.6. The lowest BCUT2D eigenvalue weighted by atomic mass is 9.98. The molecule has 2 unspecified atom stereocenters. The van der Waals surface area contributed by atoms with E-state index in [1.165, 1.54) is 12.0 Å². The summed E-state index contributed by atoms with van der Waals surface area (Å²) in [5.74, 6) is -1.04. The Morgan fingerprint density at radius 2 is 2.17 bits per heavy atom. The maximum Gasteiger partial charge on any atom is 0.295 e. The highest BCUT2D eigenvalue weighted by Gasteiger charge is 2.47. The largest absolute Gasteiger partial charge is 0.507 e. The van der Waals surface area contributed by atoms with E-state index < -0.39 is 17.7 Å². The summed E-state index contributed by atoms with van der Waals surface area (Å²) < 4.78 is 11.5. The molecule has 3 heterocycles. The summed E-state index contributed by atoms with van der Waals surface area (Å²) in [6, 6.07) is 9.48. The lowest BCUT2D eigenvalue weighted by molar-refractivity contribution is -0.140. The second kappa shape index (κ2) is 8.57. The van der Waals surface area contributed by atoms with E-state index in [0.717, 1.165) is 12.8 Å². The van der Waals surface area contributed by atoms with Crippen molar-refractivity contribution < 1.29 is 24.2 Å². The van der Waals surface area contributed by atoms with Gasteiger partial charge in [-0.1, -0.05) is 6.07 Å². The van der Waals surface area contributed by atoms with Crippen LogP contribution in [0.15, 0.2) is 52.6 Å². The number of methoxy groups -OCH3 is 1. The first-order valence-electron chi connectivity index (χ1n) is 9.66. The van der Waals surface area contributed by atoms with Crippen LogP contribution in [0.4, 0.5) is 0 Å². The normalized spacial score (nSPS) is 23.2. The number of hydrogen-bond acceptors (Lipinski definition) is 6. The highest BCUT2D eigenvalue weighted by atomic mass is 79.9. The van der Waals surface area contributed by atoms with Crippen LogP contribution in [-0.4, -0.2) is 53.0 Å². The fourth-order valence-electron chi connectivity index (χ4n) is 3.89. The number of carbonyl (C=O) groups excluding carboxylic acids is 2. The van der Waals surface area contributed by atoms with Crippen molar-refractivity contribution in [2.75, 3.05) is 20.3 Å². The van der Waals surface area contributed by atoms with E-state index in [4.69, 9.17) is 9.47 Å². The third-order valence-corrected chi connectivity index (χ3v) is 5.98. The molecule has 30 heavy (non-hydrogen) atoms. The first-order valence-corrected chi connectivity index (χ1v) is 10.5. The molecular weight excluding hydrogens is 452 g/mol. The van der Waals surface area contributed by atoms with Crippen LogP contribution in [0.3, 0.4) is 0 Å². The smallest absolute Gasteiger partial charge is 0.295 e. The van der Waals surface area contributed by atoms with Crippen molar-refractivity contribution in [2.45, 2.75) is 25.0 Å². The van der Waals surface area contributed by atoms with Crippen LogP contribution in [0.5, 0.6) is 5.75 Å². The molecule has 7 nitrogen and oxygen atoms in total. The van der Waals surface area contributed by atoms with Crippen LogP contribution < -0.4 is 4.74 Å². The summed E-state index contributed by atoms with van der Waals surface area (Å²) in [5.41, 5.74) is 0.941. The number of Topliss-reactive ketones (excluding diaryl/α,β-unsaturated/α-hetero) is 1. The molecule has 0 radical (unpaired) electrons. The van der Waals surface area contributed by atoms with Gasteiger partial charge in [0.05, 0.1) is 29.0 Å². The van der Waals surface area contributed by atoms with Gasteiger partial charge in [-0.25, -0.2) is 0 Å². The second-order valence-electron chi connectivity index (χ2n) is 7.19. The Labute approximate surface area is 182 Å². The third kappa shape index (κ3) is 3.73. The monoisotopic (exact) mass is 472 g/mol. The Kier molecular flexibility index (Phi) is 5.87. The molecule has 156 valence electrons. The molecule has 0 bridgehead atoms. The summed E-state index contributed by atoms with van der Waals surface area (Å²) >= 11 is 3.39. The summed E-state index contributed by atoms with van der Waals surface area (Å²) in [4.78, 5) is 31.7. The van der Waals surface area contributed by atoms with E-state index in [-0.39, 0.29) is 24.0 Å². The molecule has 2 fully saturated rings. The zero-order valence-electron chi connectivity index (χ0n) is 16.4. The minimum atomic E-state index is -0.781. The number of amides is 1. The summed E-state index contributed by atoms with van der Waals surface area (Å²) in [6.45, 7) is 0.914. The van der Waals surface area contributed by atoms with Gasteiger partial charge < -0.3 is 19.5 Å². The molecule has 2 saturated heterocycles. The van der Waals surface area contributed by atoms with Gasteiger partial charge in [-0.05, 0) is 59.1 Å².